The van der Waals surface area contributed by atoms with Gasteiger partial charge in [0.15, 0.2) is 0 Å². The summed E-state index contributed by atoms with van der Waals surface area (Å²) in [5, 5.41) is 8.89. The van der Waals surface area contributed by atoms with Gasteiger partial charge in [0.1, 0.15) is 23.4 Å². The molecule has 1 fully saturated rings. The zero-order valence-corrected chi connectivity index (χ0v) is 10.5. The van der Waals surface area contributed by atoms with E-state index in [1.807, 2.05) is 14.0 Å². The van der Waals surface area contributed by atoms with E-state index in [1.165, 1.54) is 25.7 Å². The van der Waals surface area contributed by atoms with Gasteiger partial charge in [-0.15, -0.1) is 0 Å². The lowest BCUT2D eigenvalue weighted by atomic mass is 10.1. The summed E-state index contributed by atoms with van der Waals surface area (Å²) in [6.07, 6.45) is 5.34. The van der Waals surface area contributed by atoms with E-state index < -0.39 is 0 Å². The Morgan fingerprint density at radius 2 is 2.12 bits per heavy atom. The smallest absolute Gasteiger partial charge is 0.146 e. The maximum Gasteiger partial charge on any atom is 0.146 e. The fourth-order valence-electron chi connectivity index (χ4n) is 2.48. The molecule has 17 heavy (non-hydrogen) atoms. The monoisotopic (exact) mass is 230 g/mol. The van der Waals surface area contributed by atoms with Crippen molar-refractivity contribution < 1.29 is 0 Å². The summed E-state index contributed by atoms with van der Waals surface area (Å²) in [6, 6.07) is 3.84. The van der Waals surface area contributed by atoms with E-state index in [9.17, 15) is 0 Å². The molecule has 0 saturated heterocycles. The van der Waals surface area contributed by atoms with Crippen LogP contribution in [-0.2, 0) is 0 Å². The van der Waals surface area contributed by atoms with Gasteiger partial charge >= 0.3 is 0 Å². The summed E-state index contributed by atoms with van der Waals surface area (Å²) in [6.45, 7) is 2.86. The fourth-order valence-corrected chi connectivity index (χ4v) is 2.48. The van der Waals surface area contributed by atoms with Crippen LogP contribution < -0.4 is 4.90 Å². The average molecular weight is 230 g/mol. The van der Waals surface area contributed by atoms with Gasteiger partial charge in [0.05, 0.1) is 0 Å². The van der Waals surface area contributed by atoms with Crippen molar-refractivity contribution in [1.82, 2.24) is 9.97 Å². The van der Waals surface area contributed by atoms with Crippen molar-refractivity contribution in [3.63, 3.8) is 0 Å². The molecule has 1 saturated carbocycles. The van der Waals surface area contributed by atoms with Gasteiger partial charge in [-0.05, 0) is 25.7 Å². The second-order valence-corrected chi connectivity index (χ2v) is 4.80. The summed E-state index contributed by atoms with van der Waals surface area (Å²) < 4.78 is 0. The Hall–Kier alpha value is -1.63. The van der Waals surface area contributed by atoms with E-state index in [2.05, 4.69) is 20.9 Å². The van der Waals surface area contributed by atoms with E-state index in [0.29, 0.717) is 11.5 Å². The quantitative estimate of drug-likeness (QED) is 0.799. The number of aromatic nitrogens is 2. The van der Waals surface area contributed by atoms with E-state index in [-0.39, 0.29) is 0 Å². The van der Waals surface area contributed by atoms with Crippen molar-refractivity contribution in [3.8, 4) is 6.07 Å². The van der Waals surface area contributed by atoms with Gasteiger partial charge < -0.3 is 4.90 Å². The minimum atomic E-state index is 0.450. The molecule has 4 nitrogen and oxygen atoms in total. The Morgan fingerprint density at radius 3 is 2.76 bits per heavy atom. The predicted octanol–water partition coefficient (Wildman–Crippen LogP) is 2.28. The topological polar surface area (TPSA) is 52.8 Å². The molecule has 4 heteroatoms. The molecule has 1 aromatic heterocycles. The van der Waals surface area contributed by atoms with Crippen LogP contribution in [0.5, 0.6) is 0 Å². The summed E-state index contributed by atoms with van der Waals surface area (Å²) in [5.41, 5.74) is 0.450. The number of rotatable bonds is 3. The lowest BCUT2D eigenvalue weighted by Crippen LogP contribution is -2.25. The molecule has 1 aromatic rings. The molecule has 0 bridgehead atoms. The van der Waals surface area contributed by atoms with Gasteiger partial charge in [-0.1, -0.05) is 12.8 Å². The first-order chi connectivity index (χ1) is 8.19. The van der Waals surface area contributed by atoms with Gasteiger partial charge in [0, 0.05) is 19.7 Å². The Labute approximate surface area is 102 Å². The summed E-state index contributed by atoms with van der Waals surface area (Å²) in [5.74, 6) is 2.30. The molecular weight excluding hydrogens is 212 g/mol. The van der Waals surface area contributed by atoms with Gasteiger partial charge in [0.2, 0.25) is 0 Å². The number of hydrogen-bond donors (Lipinski definition) is 0. The third-order valence-electron chi connectivity index (χ3n) is 3.34. The van der Waals surface area contributed by atoms with Crippen LogP contribution in [0.1, 0.15) is 37.2 Å². The van der Waals surface area contributed by atoms with Crippen molar-refractivity contribution in [2.24, 2.45) is 5.92 Å². The van der Waals surface area contributed by atoms with E-state index in [4.69, 9.17) is 5.26 Å². The second kappa shape index (κ2) is 5.13. The summed E-state index contributed by atoms with van der Waals surface area (Å²) in [4.78, 5) is 10.6. The Balaban J connectivity index is 2.10. The van der Waals surface area contributed by atoms with Crippen molar-refractivity contribution >= 4 is 5.82 Å². The Morgan fingerprint density at radius 1 is 1.41 bits per heavy atom. The summed E-state index contributed by atoms with van der Waals surface area (Å²) in [7, 11) is 2.04. The van der Waals surface area contributed by atoms with Crippen LogP contribution in [0.2, 0.25) is 0 Å². The van der Waals surface area contributed by atoms with Crippen LogP contribution in [0.4, 0.5) is 5.82 Å². The van der Waals surface area contributed by atoms with Gasteiger partial charge in [-0.25, -0.2) is 9.97 Å². The van der Waals surface area contributed by atoms with E-state index in [1.54, 1.807) is 6.07 Å². The fraction of sp³-hybridized carbons (Fsp3) is 0.615. The molecule has 1 heterocycles. The van der Waals surface area contributed by atoms with Crippen molar-refractivity contribution in [2.45, 2.75) is 32.6 Å². The van der Waals surface area contributed by atoms with Crippen LogP contribution >= 0.6 is 0 Å². The molecular formula is C13H18N4. The highest BCUT2D eigenvalue weighted by atomic mass is 15.2. The molecule has 0 radical (unpaired) electrons. The molecule has 2 rings (SSSR count). The SMILES string of the molecule is Cc1nc(C#N)cc(N(C)CC2CCCC2)n1. The molecule has 0 aromatic carbocycles. The van der Waals surface area contributed by atoms with Crippen molar-refractivity contribution in [2.75, 3.05) is 18.5 Å². The van der Waals surface area contributed by atoms with Crippen LogP contribution in [0.15, 0.2) is 6.07 Å². The first-order valence-corrected chi connectivity index (χ1v) is 6.16. The minimum Gasteiger partial charge on any atom is -0.359 e. The highest BCUT2D eigenvalue weighted by molar-refractivity contribution is 5.42. The van der Waals surface area contributed by atoms with Crippen molar-refractivity contribution in [1.29, 1.82) is 5.26 Å². The largest absolute Gasteiger partial charge is 0.359 e. The molecule has 0 amide bonds. The van der Waals surface area contributed by atoms with Gasteiger partial charge in [-0.2, -0.15) is 5.26 Å². The van der Waals surface area contributed by atoms with Gasteiger partial charge in [0.25, 0.3) is 0 Å². The highest BCUT2D eigenvalue weighted by Crippen LogP contribution is 2.26. The molecule has 0 atom stereocenters. The molecule has 1 aliphatic carbocycles. The maximum absolute atomic E-state index is 8.89. The summed E-state index contributed by atoms with van der Waals surface area (Å²) >= 11 is 0. The van der Waals surface area contributed by atoms with E-state index in [0.717, 1.165) is 18.3 Å². The highest BCUT2D eigenvalue weighted by Gasteiger charge is 2.17. The average Bonchev–Trinajstić information content (AvgIpc) is 2.81. The zero-order valence-electron chi connectivity index (χ0n) is 10.5. The van der Waals surface area contributed by atoms with Gasteiger partial charge in [-0.3, -0.25) is 0 Å². The number of nitrogens with zero attached hydrogens (tertiary/aromatic N) is 4. The second-order valence-electron chi connectivity index (χ2n) is 4.80. The van der Waals surface area contributed by atoms with Crippen LogP contribution in [0.3, 0.4) is 0 Å². The first-order valence-electron chi connectivity index (χ1n) is 6.16. The molecule has 0 unspecified atom stereocenters. The Bertz CT molecular complexity index is 430. The minimum absolute atomic E-state index is 0.450. The molecule has 0 spiro atoms. The normalized spacial score (nSPS) is 15.8. The van der Waals surface area contributed by atoms with E-state index >= 15 is 0 Å². The van der Waals surface area contributed by atoms with Crippen LogP contribution in [0.25, 0.3) is 0 Å². The lowest BCUT2D eigenvalue weighted by molar-refractivity contribution is 0.544. The predicted molar refractivity (Wildman–Crippen MR) is 66.7 cm³/mol. The molecule has 1 aliphatic rings. The number of hydrogen-bond acceptors (Lipinski definition) is 4. The third-order valence-corrected chi connectivity index (χ3v) is 3.34. The van der Waals surface area contributed by atoms with Crippen LogP contribution in [0, 0.1) is 24.2 Å². The molecule has 90 valence electrons. The lowest BCUT2D eigenvalue weighted by Gasteiger charge is -2.22. The van der Waals surface area contributed by atoms with Crippen molar-refractivity contribution in [3.05, 3.63) is 17.6 Å². The van der Waals surface area contributed by atoms with Crippen LogP contribution in [-0.4, -0.2) is 23.6 Å². The standard InChI is InChI=1S/C13H18N4/c1-10-15-12(8-14)7-13(16-10)17(2)9-11-5-3-4-6-11/h7,11H,3-6,9H2,1-2H3. The zero-order chi connectivity index (χ0) is 12.3. The number of aryl methyl sites for hydroxylation is 1. The Kier molecular flexibility index (Phi) is 3.58. The maximum atomic E-state index is 8.89. The number of nitriles is 1. The molecule has 0 N–H and O–H groups in total. The third kappa shape index (κ3) is 2.94. The first kappa shape index (κ1) is 11.8. The number of anilines is 1. The molecule has 0 aliphatic heterocycles.